The third kappa shape index (κ3) is 21.9. The van der Waals surface area contributed by atoms with Crippen LogP contribution < -0.4 is 5.32 Å². The van der Waals surface area contributed by atoms with Crippen molar-refractivity contribution in [2.24, 2.45) is 0 Å². The first-order valence-corrected chi connectivity index (χ1v) is 10.7. The normalized spacial score (nSPS) is 11.5. The summed E-state index contributed by atoms with van der Waals surface area (Å²) in [5.74, 6) is 0. The van der Waals surface area contributed by atoms with Gasteiger partial charge in [-0.2, -0.15) is 0 Å². The SMILES string of the molecule is CCCCCCCCCCCCCCCOCCC[NH2+]C(C)C. The summed E-state index contributed by atoms with van der Waals surface area (Å²) < 4.78 is 5.70. The van der Waals surface area contributed by atoms with Crippen LogP contribution >= 0.6 is 0 Å². The second-order valence-electron chi connectivity index (χ2n) is 7.48. The zero-order valence-corrected chi connectivity index (χ0v) is 16.6. The van der Waals surface area contributed by atoms with Gasteiger partial charge in [0.15, 0.2) is 0 Å². The highest BCUT2D eigenvalue weighted by Crippen LogP contribution is 2.12. The van der Waals surface area contributed by atoms with Gasteiger partial charge in [0.05, 0.1) is 19.2 Å². The van der Waals surface area contributed by atoms with E-state index in [0.717, 1.165) is 19.3 Å². The molecule has 2 nitrogen and oxygen atoms in total. The molecule has 140 valence electrons. The minimum absolute atomic E-state index is 0.719. The van der Waals surface area contributed by atoms with Crippen molar-refractivity contribution in [3.63, 3.8) is 0 Å². The lowest BCUT2D eigenvalue weighted by atomic mass is 10.0. The highest BCUT2D eigenvalue weighted by atomic mass is 16.5. The van der Waals surface area contributed by atoms with Crippen LogP contribution in [0.5, 0.6) is 0 Å². The van der Waals surface area contributed by atoms with Gasteiger partial charge in [-0.3, -0.25) is 0 Å². The van der Waals surface area contributed by atoms with Crippen molar-refractivity contribution in [1.29, 1.82) is 0 Å². The van der Waals surface area contributed by atoms with Crippen molar-refractivity contribution >= 4 is 0 Å². The van der Waals surface area contributed by atoms with Crippen LogP contribution in [-0.4, -0.2) is 25.8 Å². The fourth-order valence-corrected chi connectivity index (χ4v) is 2.96. The number of rotatable bonds is 19. The number of hydrogen-bond acceptors (Lipinski definition) is 1. The van der Waals surface area contributed by atoms with Crippen LogP contribution in [0.25, 0.3) is 0 Å². The Morgan fingerprint density at radius 2 is 1.04 bits per heavy atom. The number of quaternary nitrogens is 1. The summed E-state index contributed by atoms with van der Waals surface area (Å²) in [6, 6.07) is 0.719. The van der Waals surface area contributed by atoms with Gasteiger partial charge in [-0.25, -0.2) is 0 Å². The molecule has 0 aromatic heterocycles. The van der Waals surface area contributed by atoms with Crippen LogP contribution in [0.4, 0.5) is 0 Å². The Morgan fingerprint density at radius 3 is 1.52 bits per heavy atom. The van der Waals surface area contributed by atoms with E-state index in [0.29, 0.717) is 0 Å². The van der Waals surface area contributed by atoms with Crippen molar-refractivity contribution in [3.05, 3.63) is 0 Å². The quantitative estimate of drug-likeness (QED) is 0.313. The van der Waals surface area contributed by atoms with E-state index in [1.807, 2.05) is 0 Å². The molecule has 2 heteroatoms. The Labute approximate surface area is 147 Å². The predicted octanol–water partition coefficient (Wildman–Crippen LogP) is 5.46. The molecule has 23 heavy (non-hydrogen) atoms. The first-order valence-electron chi connectivity index (χ1n) is 10.7. The van der Waals surface area contributed by atoms with Gasteiger partial charge in [0, 0.05) is 13.0 Å². The molecule has 0 aromatic carbocycles. The Balaban J connectivity index is 2.95. The molecule has 0 fully saturated rings. The fraction of sp³-hybridized carbons (Fsp3) is 1.00. The molecule has 0 aliphatic carbocycles. The van der Waals surface area contributed by atoms with E-state index in [1.54, 1.807) is 0 Å². The molecule has 2 N–H and O–H groups in total. The summed E-state index contributed by atoms with van der Waals surface area (Å²) in [6.45, 7) is 9.90. The molecular formula is C21H46NO+. The summed E-state index contributed by atoms with van der Waals surface area (Å²) in [7, 11) is 0. The molecule has 0 aliphatic heterocycles. The van der Waals surface area contributed by atoms with Crippen molar-refractivity contribution in [2.75, 3.05) is 19.8 Å². The van der Waals surface area contributed by atoms with Gasteiger partial charge in [-0.05, 0) is 20.3 Å². The molecule has 0 amide bonds. The molecule has 0 bridgehead atoms. The van der Waals surface area contributed by atoms with Crippen LogP contribution in [0.2, 0.25) is 0 Å². The molecule has 0 heterocycles. The Bertz CT molecular complexity index is 206. The minimum atomic E-state index is 0.719. The van der Waals surface area contributed by atoms with E-state index >= 15 is 0 Å². The second kappa shape index (κ2) is 20.0. The Hall–Kier alpha value is -0.0800. The van der Waals surface area contributed by atoms with E-state index in [-0.39, 0.29) is 0 Å². The molecule has 0 rings (SSSR count). The molecule has 0 saturated carbocycles. The van der Waals surface area contributed by atoms with E-state index in [1.165, 1.54) is 96.4 Å². The van der Waals surface area contributed by atoms with Gasteiger partial charge in [-0.1, -0.05) is 84.0 Å². The Kier molecular flexibility index (Phi) is 19.9. The zero-order valence-electron chi connectivity index (χ0n) is 16.6. The molecule has 0 aliphatic rings. The standard InChI is InChI=1S/C21H45NO/c1-4-5-6-7-8-9-10-11-12-13-14-15-16-19-23-20-17-18-22-21(2)3/h21-22H,4-20H2,1-3H3/p+1. The second-order valence-corrected chi connectivity index (χ2v) is 7.48. The maximum atomic E-state index is 5.70. The third-order valence-corrected chi connectivity index (χ3v) is 4.52. The molecule has 0 unspecified atom stereocenters. The Morgan fingerprint density at radius 1 is 0.609 bits per heavy atom. The summed E-state index contributed by atoms with van der Waals surface area (Å²) >= 11 is 0. The lowest BCUT2D eigenvalue weighted by molar-refractivity contribution is -0.683. The maximum Gasteiger partial charge on any atom is 0.0802 e. The van der Waals surface area contributed by atoms with E-state index in [2.05, 4.69) is 26.1 Å². The van der Waals surface area contributed by atoms with E-state index in [9.17, 15) is 0 Å². The number of unbranched alkanes of at least 4 members (excludes halogenated alkanes) is 12. The van der Waals surface area contributed by atoms with Crippen molar-refractivity contribution < 1.29 is 10.1 Å². The van der Waals surface area contributed by atoms with Crippen molar-refractivity contribution in [2.45, 2.75) is 117 Å². The van der Waals surface area contributed by atoms with Gasteiger partial charge < -0.3 is 10.1 Å². The van der Waals surface area contributed by atoms with E-state index in [4.69, 9.17) is 4.74 Å². The number of nitrogens with two attached hydrogens (primary N) is 1. The number of ether oxygens (including phenoxy) is 1. The van der Waals surface area contributed by atoms with Crippen LogP contribution in [0.15, 0.2) is 0 Å². The third-order valence-electron chi connectivity index (χ3n) is 4.52. The molecule has 0 spiro atoms. The summed E-state index contributed by atoms with van der Waals surface area (Å²) in [6.07, 6.45) is 19.6. The van der Waals surface area contributed by atoms with Gasteiger partial charge in [0.2, 0.25) is 0 Å². The maximum absolute atomic E-state index is 5.70. The van der Waals surface area contributed by atoms with Crippen LogP contribution in [0.3, 0.4) is 0 Å². The lowest BCUT2D eigenvalue weighted by Crippen LogP contribution is -2.88. The average molecular weight is 329 g/mol. The van der Waals surface area contributed by atoms with Gasteiger partial charge >= 0.3 is 0 Å². The first kappa shape index (κ1) is 22.9. The highest BCUT2D eigenvalue weighted by molar-refractivity contribution is 4.49. The summed E-state index contributed by atoms with van der Waals surface area (Å²) in [5.41, 5.74) is 0. The van der Waals surface area contributed by atoms with Gasteiger partial charge in [0.25, 0.3) is 0 Å². The van der Waals surface area contributed by atoms with Crippen molar-refractivity contribution in [3.8, 4) is 0 Å². The summed E-state index contributed by atoms with van der Waals surface area (Å²) in [4.78, 5) is 0. The fourth-order valence-electron chi connectivity index (χ4n) is 2.96. The monoisotopic (exact) mass is 328 g/mol. The smallest absolute Gasteiger partial charge is 0.0802 e. The molecule has 0 aromatic rings. The van der Waals surface area contributed by atoms with Gasteiger partial charge in [0.1, 0.15) is 0 Å². The van der Waals surface area contributed by atoms with Crippen LogP contribution in [-0.2, 0) is 4.74 Å². The summed E-state index contributed by atoms with van der Waals surface area (Å²) in [5, 5.41) is 2.38. The topological polar surface area (TPSA) is 25.8 Å². The molecule has 0 atom stereocenters. The van der Waals surface area contributed by atoms with Crippen LogP contribution in [0.1, 0.15) is 111 Å². The van der Waals surface area contributed by atoms with E-state index < -0.39 is 0 Å². The molecule has 0 saturated heterocycles. The first-order chi connectivity index (χ1) is 11.3. The van der Waals surface area contributed by atoms with Crippen molar-refractivity contribution in [1.82, 2.24) is 0 Å². The average Bonchev–Trinajstić information content (AvgIpc) is 2.53. The van der Waals surface area contributed by atoms with Crippen LogP contribution in [0, 0.1) is 0 Å². The lowest BCUT2D eigenvalue weighted by Gasteiger charge is -2.06. The molecular weight excluding hydrogens is 282 g/mol. The highest BCUT2D eigenvalue weighted by Gasteiger charge is 1.96. The molecule has 0 radical (unpaired) electrons. The van der Waals surface area contributed by atoms with Gasteiger partial charge in [-0.15, -0.1) is 0 Å². The predicted molar refractivity (Wildman–Crippen MR) is 103 cm³/mol. The minimum Gasteiger partial charge on any atom is -0.381 e. The number of hydrogen-bond donors (Lipinski definition) is 1. The largest absolute Gasteiger partial charge is 0.381 e. The zero-order chi connectivity index (χ0) is 17.0.